The molecule has 0 bridgehead atoms. The second-order valence-corrected chi connectivity index (χ2v) is 4.62. The molecule has 0 unspecified atom stereocenters. The van der Waals surface area contributed by atoms with Gasteiger partial charge in [-0.25, -0.2) is 0 Å². The van der Waals surface area contributed by atoms with Crippen LogP contribution in [0.2, 0.25) is 5.02 Å². The number of carbonyl (C=O) groups is 1. The molecule has 94 valence electrons. The molecule has 3 heteroatoms. The lowest BCUT2D eigenvalue weighted by atomic mass is 10.0. The Bertz CT molecular complexity index is 344. The average molecular weight is 254 g/mol. The summed E-state index contributed by atoms with van der Waals surface area (Å²) in [4.78, 5) is 11.7. The van der Waals surface area contributed by atoms with Crippen LogP contribution in [-0.4, -0.2) is 12.5 Å². The lowest BCUT2D eigenvalue weighted by Crippen LogP contribution is -2.31. The number of benzene rings is 1. The molecule has 0 aliphatic rings. The molecule has 0 fully saturated rings. The van der Waals surface area contributed by atoms with Gasteiger partial charge in [-0.3, -0.25) is 4.79 Å². The van der Waals surface area contributed by atoms with Crippen molar-refractivity contribution in [1.82, 2.24) is 5.32 Å². The van der Waals surface area contributed by atoms with Crippen LogP contribution in [0.1, 0.15) is 32.3 Å². The Hall–Kier alpha value is -1.02. The molecule has 1 amide bonds. The van der Waals surface area contributed by atoms with Crippen LogP contribution in [0.3, 0.4) is 0 Å². The summed E-state index contributed by atoms with van der Waals surface area (Å²) >= 11 is 5.81. The van der Waals surface area contributed by atoms with Gasteiger partial charge in [-0.05, 0) is 37.0 Å². The van der Waals surface area contributed by atoms with Crippen molar-refractivity contribution in [3.63, 3.8) is 0 Å². The van der Waals surface area contributed by atoms with Crippen LogP contribution >= 0.6 is 11.6 Å². The molecule has 0 heterocycles. The molecule has 0 aliphatic carbocycles. The number of rotatable bonds is 6. The molecule has 0 atom stereocenters. The third-order valence-electron chi connectivity index (χ3n) is 2.98. The van der Waals surface area contributed by atoms with Crippen LogP contribution in [0, 0.1) is 5.92 Å². The number of amides is 1. The molecule has 1 rings (SSSR count). The first-order chi connectivity index (χ1) is 8.17. The van der Waals surface area contributed by atoms with Gasteiger partial charge in [0.2, 0.25) is 5.91 Å². The molecule has 1 N–H and O–H groups in total. The van der Waals surface area contributed by atoms with Gasteiger partial charge in [-0.1, -0.05) is 37.6 Å². The quantitative estimate of drug-likeness (QED) is 0.827. The Morgan fingerprint density at radius 3 is 2.35 bits per heavy atom. The molecular formula is C14H20ClNO. The highest BCUT2D eigenvalue weighted by atomic mass is 35.5. The molecule has 0 saturated carbocycles. The maximum absolute atomic E-state index is 11.7. The Kier molecular flexibility index (Phi) is 6.06. The predicted octanol–water partition coefficient (Wildman–Crippen LogP) is 3.43. The van der Waals surface area contributed by atoms with Gasteiger partial charge < -0.3 is 5.32 Å². The summed E-state index contributed by atoms with van der Waals surface area (Å²) in [6.07, 6.45) is 2.66. The Morgan fingerprint density at radius 2 is 1.82 bits per heavy atom. The van der Waals surface area contributed by atoms with Crippen molar-refractivity contribution in [3.8, 4) is 0 Å². The SMILES string of the molecule is CCC(CC)C(=O)NCCc1ccc(Cl)cc1. The van der Waals surface area contributed by atoms with E-state index in [9.17, 15) is 4.79 Å². The third-order valence-corrected chi connectivity index (χ3v) is 3.23. The summed E-state index contributed by atoms with van der Waals surface area (Å²) in [6.45, 7) is 4.79. The summed E-state index contributed by atoms with van der Waals surface area (Å²) < 4.78 is 0. The van der Waals surface area contributed by atoms with Crippen molar-refractivity contribution < 1.29 is 4.79 Å². The van der Waals surface area contributed by atoms with E-state index in [1.165, 1.54) is 5.56 Å². The summed E-state index contributed by atoms with van der Waals surface area (Å²) in [5.41, 5.74) is 1.19. The van der Waals surface area contributed by atoms with Crippen molar-refractivity contribution >= 4 is 17.5 Å². The van der Waals surface area contributed by atoms with E-state index in [0.29, 0.717) is 6.54 Å². The molecule has 0 radical (unpaired) electrons. The molecule has 0 spiro atoms. The largest absolute Gasteiger partial charge is 0.356 e. The molecule has 0 aliphatic heterocycles. The second-order valence-electron chi connectivity index (χ2n) is 4.18. The minimum Gasteiger partial charge on any atom is -0.356 e. The first kappa shape index (κ1) is 14.0. The highest BCUT2D eigenvalue weighted by molar-refractivity contribution is 6.30. The van der Waals surface area contributed by atoms with Crippen molar-refractivity contribution in [3.05, 3.63) is 34.9 Å². The van der Waals surface area contributed by atoms with E-state index in [-0.39, 0.29) is 11.8 Å². The summed E-state index contributed by atoms with van der Waals surface area (Å²) in [6, 6.07) is 7.73. The van der Waals surface area contributed by atoms with Gasteiger partial charge >= 0.3 is 0 Å². The van der Waals surface area contributed by atoms with Crippen LogP contribution in [0.15, 0.2) is 24.3 Å². The van der Waals surface area contributed by atoms with Crippen molar-refractivity contribution in [2.75, 3.05) is 6.54 Å². The average Bonchev–Trinajstić information content (AvgIpc) is 2.33. The van der Waals surface area contributed by atoms with Gasteiger partial charge in [0, 0.05) is 17.5 Å². The van der Waals surface area contributed by atoms with Crippen molar-refractivity contribution in [1.29, 1.82) is 0 Å². The van der Waals surface area contributed by atoms with Crippen molar-refractivity contribution in [2.24, 2.45) is 5.92 Å². The Balaban J connectivity index is 2.32. The third kappa shape index (κ3) is 4.78. The zero-order chi connectivity index (χ0) is 12.7. The smallest absolute Gasteiger partial charge is 0.223 e. The van der Waals surface area contributed by atoms with Gasteiger partial charge in [0.1, 0.15) is 0 Å². The molecule has 1 aromatic carbocycles. The van der Waals surface area contributed by atoms with Crippen LogP contribution < -0.4 is 5.32 Å². The zero-order valence-electron chi connectivity index (χ0n) is 10.5. The number of nitrogens with one attached hydrogen (secondary N) is 1. The maximum Gasteiger partial charge on any atom is 0.223 e. The summed E-state index contributed by atoms with van der Waals surface area (Å²) in [5.74, 6) is 0.323. The highest BCUT2D eigenvalue weighted by Gasteiger charge is 2.12. The normalized spacial score (nSPS) is 10.6. The maximum atomic E-state index is 11.7. The molecule has 17 heavy (non-hydrogen) atoms. The second kappa shape index (κ2) is 7.33. The van der Waals surface area contributed by atoms with Crippen LogP contribution in [0.4, 0.5) is 0 Å². The minimum atomic E-state index is 0.153. The van der Waals surface area contributed by atoms with Crippen molar-refractivity contribution in [2.45, 2.75) is 33.1 Å². The number of hydrogen-bond donors (Lipinski definition) is 1. The predicted molar refractivity (Wildman–Crippen MR) is 72.2 cm³/mol. The van der Waals surface area contributed by atoms with Gasteiger partial charge in [0.15, 0.2) is 0 Å². The Morgan fingerprint density at radius 1 is 1.24 bits per heavy atom. The van der Waals surface area contributed by atoms with Crippen LogP contribution in [0.5, 0.6) is 0 Å². The van der Waals surface area contributed by atoms with E-state index in [2.05, 4.69) is 5.32 Å². The minimum absolute atomic E-state index is 0.153. The fraction of sp³-hybridized carbons (Fsp3) is 0.500. The number of halogens is 1. The van der Waals surface area contributed by atoms with E-state index in [4.69, 9.17) is 11.6 Å². The fourth-order valence-corrected chi connectivity index (χ4v) is 1.91. The molecule has 0 aromatic heterocycles. The van der Waals surface area contributed by atoms with E-state index in [1.807, 2.05) is 38.1 Å². The van der Waals surface area contributed by atoms with E-state index in [0.717, 1.165) is 24.3 Å². The first-order valence-corrected chi connectivity index (χ1v) is 6.57. The molecule has 2 nitrogen and oxygen atoms in total. The summed E-state index contributed by atoms with van der Waals surface area (Å²) in [7, 11) is 0. The van der Waals surface area contributed by atoms with Gasteiger partial charge in [0.25, 0.3) is 0 Å². The topological polar surface area (TPSA) is 29.1 Å². The van der Waals surface area contributed by atoms with Crippen LogP contribution in [-0.2, 0) is 11.2 Å². The van der Waals surface area contributed by atoms with Crippen LogP contribution in [0.25, 0.3) is 0 Å². The molecule has 1 aromatic rings. The van der Waals surface area contributed by atoms with E-state index < -0.39 is 0 Å². The van der Waals surface area contributed by atoms with Gasteiger partial charge in [-0.15, -0.1) is 0 Å². The molecule has 0 saturated heterocycles. The van der Waals surface area contributed by atoms with Gasteiger partial charge in [0.05, 0.1) is 0 Å². The van der Waals surface area contributed by atoms with Gasteiger partial charge in [-0.2, -0.15) is 0 Å². The monoisotopic (exact) mass is 253 g/mol. The van der Waals surface area contributed by atoms with E-state index >= 15 is 0 Å². The first-order valence-electron chi connectivity index (χ1n) is 6.19. The number of hydrogen-bond acceptors (Lipinski definition) is 1. The lowest BCUT2D eigenvalue weighted by molar-refractivity contribution is -0.125. The summed E-state index contributed by atoms with van der Waals surface area (Å²) in [5, 5.41) is 3.72. The Labute approximate surface area is 108 Å². The standard InChI is InChI=1S/C14H20ClNO/c1-3-12(4-2)14(17)16-10-9-11-5-7-13(15)8-6-11/h5-8,12H,3-4,9-10H2,1-2H3,(H,16,17). The highest BCUT2D eigenvalue weighted by Crippen LogP contribution is 2.10. The van der Waals surface area contributed by atoms with E-state index in [1.54, 1.807) is 0 Å². The lowest BCUT2D eigenvalue weighted by Gasteiger charge is -2.12. The fourth-order valence-electron chi connectivity index (χ4n) is 1.78. The zero-order valence-corrected chi connectivity index (χ0v) is 11.3. The number of carbonyl (C=O) groups excluding carboxylic acids is 1. The molecular weight excluding hydrogens is 234 g/mol.